The van der Waals surface area contributed by atoms with Crippen molar-refractivity contribution < 1.29 is 18.3 Å². The van der Waals surface area contributed by atoms with Crippen molar-refractivity contribution in [2.45, 2.75) is 31.6 Å². The molecule has 0 radical (unpaired) electrons. The van der Waals surface area contributed by atoms with Crippen LogP contribution in [0, 0.1) is 0 Å². The first kappa shape index (κ1) is 13.4. The number of hydrogen-bond acceptors (Lipinski definition) is 2. The van der Waals surface area contributed by atoms with Crippen LogP contribution in [0.5, 0.6) is 0 Å². The van der Waals surface area contributed by atoms with Gasteiger partial charge in [-0.1, -0.05) is 18.2 Å². The Hall–Kier alpha value is -1.07. The molecule has 0 bridgehead atoms. The minimum Gasteiger partial charge on any atom is -0.395 e. The Balaban J connectivity index is 2.10. The molecule has 2 rings (SSSR count). The maximum Gasteiger partial charge on any atom is 0.416 e. The minimum absolute atomic E-state index is 0.0684. The number of likely N-dealkylation sites (tertiary alicyclic amines) is 1. The summed E-state index contributed by atoms with van der Waals surface area (Å²) in [6.07, 6.45) is -2.39. The van der Waals surface area contributed by atoms with E-state index >= 15 is 0 Å². The summed E-state index contributed by atoms with van der Waals surface area (Å²) in [6.45, 7) is 1.37. The minimum atomic E-state index is -4.29. The first-order valence-electron chi connectivity index (χ1n) is 6.02. The maximum atomic E-state index is 12.6. The van der Waals surface area contributed by atoms with Crippen LogP contribution in [-0.4, -0.2) is 29.2 Å². The Morgan fingerprint density at radius 1 is 1.33 bits per heavy atom. The Labute approximate surface area is 104 Å². The molecular weight excluding hydrogens is 243 g/mol. The van der Waals surface area contributed by atoms with E-state index in [1.54, 1.807) is 6.07 Å². The molecular formula is C13H16F3NO. The van der Waals surface area contributed by atoms with Crippen LogP contribution < -0.4 is 0 Å². The summed E-state index contributed by atoms with van der Waals surface area (Å²) in [7, 11) is 0. The molecule has 18 heavy (non-hydrogen) atoms. The van der Waals surface area contributed by atoms with E-state index < -0.39 is 11.7 Å². The van der Waals surface area contributed by atoms with Gasteiger partial charge in [-0.3, -0.25) is 4.90 Å². The van der Waals surface area contributed by atoms with Gasteiger partial charge >= 0.3 is 6.18 Å². The molecule has 1 aromatic carbocycles. The molecule has 2 nitrogen and oxygen atoms in total. The van der Waals surface area contributed by atoms with Gasteiger partial charge in [0.2, 0.25) is 0 Å². The summed E-state index contributed by atoms with van der Waals surface area (Å²) in [5.74, 6) is 0. The molecule has 0 spiro atoms. The number of aliphatic hydroxyl groups excluding tert-OH is 1. The fourth-order valence-electron chi connectivity index (χ4n) is 2.39. The van der Waals surface area contributed by atoms with Gasteiger partial charge in [-0.2, -0.15) is 13.2 Å². The first-order chi connectivity index (χ1) is 8.50. The largest absolute Gasteiger partial charge is 0.416 e. The SMILES string of the molecule is OCC1CCCN1Cc1cccc(C(F)(F)F)c1. The number of benzene rings is 1. The van der Waals surface area contributed by atoms with Crippen LogP contribution in [0.4, 0.5) is 13.2 Å². The monoisotopic (exact) mass is 259 g/mol. The van der Waals surface area contributed by atoms with E-state index in [-0.39, 0.29) is 12.6 Å². The Morgan fingerprint density at radius 2 is 2.11 bits per heavy atom. The second-order valence-corrected chi connectivity index (χ2v) is 4.65. The zero-order valence-electron chi connectivity index (χ0n) is 9.95. The van der Waals surface area contributed by atoms with E-state index in [4.69, 9.17) is 0 Å². The average molecular weight is 259 g/mol. The van der Waals surface area contributed by atoms with Crippen molar-refractivity contribution in [1.29, 1.82) is 0 Å². The van der Waals surface area contributed by atoms with Crippen molar-refractivity contribution >= 4 is 0 Å². The molecule has 0 aromatic heterocycles. The number of aliphatic hydroxyl groups is 1. The lowest BCUT2D eigenvalue weighted by Crippen LogP contribution is -2.31. The smallest absolute Gasteiger partial charge is 0.395 e. The first-order valence-corrected chi connectivity index (χ1v) is 6.02. The molecule has 0 aliphatic carbocycles. The van der Waals surface area contributed by atoms with Crippen LogP contribution in [0.2, 0.25) is 0 Å². The normalized spacial score (nSPS) is 21.4. The van der Waals surface area contributed by atoms with Crippen LogP contribution in [0.25, 0.3) is 0 Å². The van der Waals surface area contributed by atoms with Crippen molar-refractivity contribution in [3.8, 4) is 0 Å². The number of rotatable bonds is 3. The van der Waals surface area contributed by atoms with Crippen molar-refractivity contribution in [2.75, 3.05) is 13.2 Å². The molecule has 1 aromatic rings. The lowest BCUT2D eigenvalue weighted by atomic mass is 10.1. The molecule has 1 aliphatic heterocycles. The molecule has 5 heteroatoms. The van der Waals surface area contributed by atoms with Gasteiger partial charge in [0, 0.05) is 12.6 Å². The number of hydrogen-bond donors (Lipinski definition) is 1. The van der Waals surface area contributed by atoms with E-state index in [0.717, 1.165) is 25.5 Å². The molecule has 1 heterocycles. The predicted octanol–water partition coefficient (Wildman–Crippen LogP) is 2.66. The third-order valence-corrected chi connectivity index (χ3v) is 3.35. The second-order valence-electron chi connectivity index (χ2n) is 4.65. The number of halogens is 3. The van der Waals surface area contributed by atoms with Gasteiger partial charge in [-0.15, -0.1) is 0 Å². The average Bonchev–Trinajstić information content (AvgIpc) is 2.75. The topological polar surface area (TPSA) is 23.5 Å². The molecule has 1 N–H and O–H groups in total. The highest BCUT2D eigenvalue weighted by atomic mass is 19.4. The predicted molar refractivity (Wildman–Crippen MR) is 62.0 cm³/mol. The van der Waals surface area contributed by atoms with Crippen molar-refractivity contribution in [3.63, 3.8) is 0 Å². The van der Waals surface area contributed by atoms with Gasteiger partial charge in [0.15, 0.2) is 0 Å². The fraction of sp³-hybridized carbons (Fsp3) is 0.538. The van der Waals surface area contributed by atoms with Crippen molar-refractivity contribution in [3.05, 3.63) is 35.4 Å². The molecule has 1 fully saturated rings. The molecule has 0 amide bonds. The van der Waals surface area contributed by atoms with E-state index in [9.17, 15) is 18.3 Å². The van der Waals surface area contributed by atoms with Gasteiger partial charge in [-0.05, 0) is 31.0 Å². The van der Waals surface area contributed by atoms with Gasteiger partial charge in [0.25, 0.3) is 0 Å². The second kappa shape index (κ2) is 5.28. The number of alkyl halides is 3. The van der Waals surface area contributed by atoms with Gasteiger partial charge in [0.1, 0.15) is 0 Å². The van der Waals surface area contributed by atoms with E-state index in [1.165, 1.54) is 12.1 Å². The Bertz CT molecular complexity index is 405. The summed E-state index contributed by atoms with van der Waals surface area (Å²) in [4.78, 5) is 2.04. The van der Waals surface area contributed by atoms with Crippen LogP contribution in [0.1, 0.15) is 24.0 Å². The summed E-state index contributed by atoms with van der Waals surface area (Å²) in [6, 6.07) is 5.48. The lowest BCUT2D eigenvalue weighted by molar-refractivity contribution is -0.137. The van der Waals surface area contributed by atoms with Crippen molar-refractivity contribution in [1.82, 2.24) is 4.90 Å². The summed E-state index contributed by atoms with van der Waals surface area (Å²) >= 11 is 0. The van der Waals surface area contributed by atoms with Gasteiger partial charge in [0.05, 0.1) is 12.2 Å². The molecule has 1 aliphatic rings. The van der Waals surface area contributed by atoms with Gasteiger partial charge < -0.3 is 5.11 Å². The lowest BCUT2D eigenvalue weighted by Gasteiger charge is -2.23. The number of nitrogens with zero attached hydrogens (tertiary/aromatic N) is 1. The zero-order chi connectivity index (χ0) is 13.2. The van der Waals surface area contributed by atoms with Gasteiger partial charge in [-0.25, -0.2) is 0 Å². The quantitative estimate of drug-likeness (QED) is 0.902. The molecule has 100 valence electrons. The Morgan fingerprint density at radius 3 is 2.78 bits per heavy atom. The summed E-state index contributed by atoms with van der Waals surface area (Å²) in [5, 5.41) is 9.18. The van der Waals surface area contributed by atoms with Crippen LogP contribution in [0.3, 0.4) is 0 Å². The standard InChI is InChI=1S/C13H16F3NO/c14-13(15,16)11-4-1-3-10(7-11)8-17-6-2-5-12(17)9-18/h1,3-4,7,12,18H,2,5-6,8-9H2. The third-order valence-electron chi connectivity index (χ3n) is 3.35. The molecule has 1 atom stereocenters. The highest BCUT2D eigenvalue weighted by Crippen LogP contribution is 2.30. The van der Waals surface area contributed by atoms with Crippen LogP contribution in [0.15, 0.2) is 24.3 Å². The van der Waals surface area contributed by atoms with Crippen LogP contribution in [-0.2, 0) is 12.7 Å². The van der Waals surface area contributed by atoms with E-state index in [1.807, 2.05) is 4.90 Å². The third kappa shape index (κ3) is 3.03. The Kier molecular flexibility index (Phi) is 3.92. The fourth-order valence-corrected chi connectivity index (χ4v) is 2.39. The zero-order valence-corrected chi connectivity index (χ0v) is 9.95. The molecule has 0 saturated carbocycles. The van der Waals surface area contributed by atoms with E-state index in [0.29, 0.717) is 12.1 Å². The summed E-state index contributed by atoms with van der Waals surface area (Å²) < 4.78 is 37.7. The highest BCUT2D eigenvalue weighted by Gasteiger charge is 2.31. The van der Waals surface area contributed by atoms with Crippen LogP contribution >= 0.6 is 0 Å². The van der Waals surface area contributed by atoms with Crippen molar-refractivity contribution in [2.24, 2.45) is 0 Å². The highest BCUT2D eigenvalue weighted by molar-refractivity contribution is 5.25. The molecule has 1 saturated heterocycles. The van der Waals surface area contributed by atoms with E-state index in [2.05, 4.69) is 0 Å². The maximum absolute atomic E-state index is 12.6. The molecule has 1 unspecified atom stereocenters. The summed E-state index contributed by atoms with van der Waals surface area (Å²) in [5.41, 5.74) is 0.0323.